The minimum atomic E-state index is -1.52. The zero-order valence-electron chi connectivity index (χ0n) is 19.8. The highest BCUT2D eigenvalue weighted by Gasteiger charge is 2.30. The van der Waals surface area contributed by atoms with Crippen LogP contribution < -0.4 is 27.4 Å². The van der Waals surface area contributed by atoms with Gasteiger partial charge in [0.05, 0.1) is 6.04 Å². The van der Waals surface area contributed by atoms with Gasteiger partial charge in [-0.2, -0.15) is 12.6 Å². The van der Waals surface area contributed by atoms with Gasteiger partial charge in [-0.1, -0.05) is 12.1 Å². The van der Waals surface area contributed by atoms with Crippen LogP contribution in [0.15, 0.2) is 24.3 Å². The number of rotatable bonds is 16. The lowest BCUT2D eigenvalue weighted by Gasteiger charge is -2.25. The Bertz CT molecular complexity index is 989. The molecule has 0 saturated carbocycles. The first-order chi connectivity index (χ1) is 17.3. The fourth-order valence-corrected chi connectivity index (χ4v) is 3.23. The number of hydrogen-bond donors (Lipinski definition) is 9. The predicted molar refractivity (Wildman–Crippen MR) is 132 cm³/mol. The van der Waals surface area contributed by atoms with Crippen molar-refractivity contribution in [2.75, 3.05) is 5.75 Å². The van der Waals surface area contributed by atoms with Crippen molar-refractivity contribution in [1.82, 2.24) is 16.0 Å². The van der Waals surface area contributed by atoms with E-state index in [1.165, 1.54) is 24.3 Å². The fourth-order valence-electron chi connectivity index (χ4n) is 3.06. The number of aromatic hydroxyl groups is 1. The van der Waals surface area contributed by atoms with Crippen molar-refractivity contribution in [3.63, 3.8) is 0 Å². The summed E-state index contributed by atoms with van der Waals surface area (Å²) in [5, 5.41) is 34.8. The zero-order chi connectivity index (χ0) is 28.1. The summed E-state index contributed by atoms with van der Waals surface area (Å²) in [6, 6.07) is 0.414. The maximum atomic E-state index is 13.1. The number of carbonyl (C=O) groups excluding carboxylic acids is 4. The van der Waals surface area contributed by atoms with Crippen LogP contribution in [0.3, 0.4) is 0 Å². The first-order valence-corrected chi connectivity index (χ1v) is 11.8. The molecule has 1 aromatic rings. The number of nitrogens with one attached hydrogen (secondary N) is 3. The Morgan fingerprint density at radius 3 is 1.84 bits per heavy atom. The summed E-state index contributed by atoms with van der Waals surface area (Å²) < 4.78 is 0. The first-order valence-electron chi connectivity index (χ1n) is 11.1. The molecule has 0 spiro atoms. The molecule has 0 aliphatic rings. The second-order valence-electron chi connectivity index (χ2n) is 8.12. The standard InChI is InChI=1S/C22H31N5O9S/c23-13(10-37)19(32)27-16(9-11-1-3-12(28)4-2-11)21(34)25-14(6-8-18(30)31)20(33)26-15(22(35)36)5-7-17(24)29/h1-4,13-16,28,37H,5-10,23H2,(H2,24,29)(H,25,34)(H,26,33)(H,27,32)(H,30,31)(H,35,36). The summed E-state index contributed by atoms with van der Waals surface area (Å²) in [6.45, 7) is 0. The SMILES string of the molecule is NC(=O)CCC(NC(=O)C(CCC(=O)O)NC(=O)C(Cc1ccc(O)cc1)NC(=O)C(N)CS)C(=O)O. The molecule has 0 radical (unpaired) electrons. The highest BCUT2D eigenvalue weighted by atomic mass is 32.1. The van der Waals surface area contributed by atoms with Crippen LogP contribution in [0, 0.1) is 0 Å². The van der Waals surface area contributed by atoms with Gasteiger partial charge in [-0.3, -0.25) is 24.0 Å². The Kier molecular flexibility index (Phi) is 12.9. The van der Waals surface area contributed by atoms with E-state index in [1.54, 1.807) is 0 Å². The smallest absolute Gasteiger partial charge is 0.326 e. The molecule has 0 aliphatic carbocycles. The van der Waals surface area contributed by atoms with Crippen molar-refractivity contribution in [3.8, 4) is 5.75 Å². The number of carboxylic acids is 2. The number of phenols is 1. The van der Waals surface area contributed by atoms with Gasteiger partial charge in [0.15, 0.2) is 0 Å². The number of aliphatic carboxylic acids is 2. The normalized spacial score (nSPS) is 13.9. The van der Waals surface area contributed by atoms with E-state index in [9.17, 15) is 39.0 Å². The van der Waals surface area contributed by atoms with Gasteiger partial charge in [-0.15, -0.1) is 0 Å². The molecule has 1 aromatic carbocycles. The summed E-state index contributed by atoms with van der Waals surface area (Å²) in [5.41, 5.74) is 11.2. The van der Waals surface area contributed by atoms with Gasteiger partial charge in [-0.05, 0) is 30.5 Å². The summed E-state index contributed by atoms with van der Waals surface area (Å²) >= 11 is 3.95. The quantitative estimate of drug-likeness (QED) is 0.103. The summed E-state index contributed by atoms with van der Waals surface area (Å²) in [4.78, 5) is 71.8. The van der Waals surface area contributed by atoms with E-state index < -0.39 is 72.6 Å². The fraction of sp³-hybridized carbons (Fsp3) is 0.455. The molecular formula is C22H31N5O9S. The zero-order valence-corrected chi connectivity index (χ0v) is 20.6. The van der Waals surface area contributed by atoms with E-state index in [4.69, 9.17) is 16.6 Å². The molecule has 0 aliphatic heterocycles. The van der Waals surface area contributed by atoms with E-state index in [1.807, 2.05) is 0 Å². The number of carboxylic acid groups (broad SMARTS) is 2. The predicted octanol–water partition coefficient (Wildman–Crippen LogP) is -2.14. The number of amides is 4. The summed E-state index contributed by atoms with van der Waals surface area (Å²) in [5.74, 6) is -6.16. The Labute approximate surface area is 217 Å². The third kappa shape index (κ3) is 11.6. The molecule has 4 atom stereocenters. The second kappa shape index (κ2) is 15.3. The van der Waals surface area contributed by atoms with Crippen molar-refractivity contribution in [1.29, 1.82) is 0 Å². The average Bonchev–Trinajstić information content (AvgIpc) is 2.83. The Balaban J connectivity index is 3.13. The van der Waals surface area contributed by atoms with Crippen LogP contribution in [0.5, 0.6) is 5.75 Å². The Hall–Kier alpha value is -3.85. The summed E-state index contributed by atoms with van der Waals surface area (Å²) in [7, 11) is 0. The molecule has 1 rings (SSSR count). The lowest BCUT2D eigenvalue weighted by atomic mass is 10.0. The molecule has 15 heteroatoms. The van der Waals surface area contributed by atoms with Gasteiger partial charge < -0.3 is 42.7 Å². The maximum Gasteiger partial charge on any atom is 0.326 e. The number of carbonyl (C=O) groups is 6. The minimum absolute atomic E-state index is 0.0229. The van der Waals surface area contributed by atoms with Gasteiger partial charge in [-0.25, -0.2) is 4.79 Å². The Morgan fingerprint density at radius 1 is 0.811 bits per heavy atom. The molecule has 10 N–H and O–H groups in total. The van der Waals surface area contributed by atoms with Gasteiger partial charge in [0, 0.05) is 25.0 Å². The van der Waals surface area contributed by atoms with Gasteiger partial charge in [0.2, 0.25) is 23.6 Å². The molecule has 4 unspecified atom stereocenters. The van der Waals surface area contributed by atoms with E-state index >= 15 is 0 Å². The van der Waals surface area contributed by atoms with Crippen molar-refractivity contribution < 1.29 is 44.1 Å². The van der Waals surface area contributed by atoms with Gasteiger partial charge >= 0.3 is 11.9 Å². The van der Waals surface area contributed by atoms with Crippen LogP contribution in [0.25, 0.3) is 0 Å². The lowest BCUT2D eigenvalue weighted by molar-refractivity contribution is -0.143. The monoisotopic (exact) mass is 541 g/mol. The third-order valence-electron chi connectivity index (χ3n) is 5.12. The highest BCUT2D eigenvalue weighted by molar-refractivity contribution is 7.80. The molecule has 0 bridgehead atoms. The minimum Gasteiger partial charge on any atom is -0.508 e. The highest BCUT2D eigenvalue weighted by Crippen LogP contribution is 2.12. The van der Waals surface area contributed by atoms with Crippen molar-refractivity contribution in [2.45, 2.75) is 56.3 Å². The van der Waals surface area contributed by atoms with Crippen LogP contribution >= 0.6 is 12.6 Å². The van der Waals surface area contributed by atoms with E-state index in [-0.39, 0.29) is 30.8 Å². The molecule has 4 amide bonds. The molecule has 0 fully saturated rings. The van der Waals surface area contributed by atoms with Crippen LogP contribution in [0.4, 0.5) is 0 Å². The third-order valence-corrected chi connectivity index (χ3v) is 5.51. The van der Waals surface area contributed by atoms with Gasteiger partial charge in [0.1, 0.15) is 23.9 Å². The molecule has 0 saturated heterocycles. The number of hydrogen-bond acceptors (Lipinski definition) is 9. The van der Waals surface area contributed by atoms with Crippen LogP contribution in [0.1, 0.15) is 31.2 Å². The van der Waals surface area contributed by atoms with Crippen LogP contribution in [-0.4, -0.2) is 80.8 Å². The van der Waals surface area contributed by atoms with Gasteiger partial charge in [0.25, 0.3) is 0 Å². The van der Waals surface area contributed by atoms with E-state index in [2.05, 4.69) is 28.6 Å². The topological polar surface area (TPSA) is 251 Å². The molecular weight excluding hydrogens is 510 g/mol. The van der Waals surface area contributed by atoms with Crippen molar-refractivity contribution in [2.24, 2.45) is 11.5 Å². The van der Waals surface area contributed by atoms with Crippen LogP contribution in [-0.2, 0) is 35.2 Å². The number of nitrogens with two attached hydrogens (primary N) is 2. The maximum absolute atomic E-state index is 13.1. The van der Waals surface area contributed by atoms with E-state index in [0.717, 1.165) is 0 Å². The number of benzene rings is 1. The Morgan fingerprint density at radius 2 is 1.32 bits per heavy atom. The molecule has 204 valence electrons. The average molecular weight is 542 g/mol. The molecule has 37 heavy (non-hydrogen) atoms. The van der Waals surface area contributed by atoms with Crippen LogP contribution in [0.2, 0.25) is 0 Å². The summed E-state index contributed by atoms with van der Waals surface area (Å²) in [6.07, 6.45) is -1.69. The number of primary amides is 1. The van der Waals surface area contributed by atoms with Crippen molar-refractivity contribution >= 4 is 48.2 Å². The molecule has 0 aromatic heterocycles. The van der Waals surface area contributed by atoms with E-state index in [0.29, 0.717) is 5.56 Å². The molecule has 0 heterocycles. The second-order valence-corrected chi connectivity index (χ2v) is 8.48. The number of phenolic OH excluding ortho intramolecular Hbond substituents is 1. The largest absolute Gasteiger partial charge is 0.508 e. The number of thiol groups is 1. The lowest BCUT2D eigenvalue weighted by Crippen LogP contribution is -2.57. The first kappa shape index (κ1) is 31.2. The molecule has 14 nitrogen and oxygen atoms in total. The van der Waals surface area contributed by atoms with Crippen molar-refractivity contribution in [3.05, 3.63) is 29.8 Å².